The van der Waals surface area contributed by atoms with Gasteiger partial charge in [0.1, 0.15) is 0 Å². The maximum atomic E-state index is 12.5. The topological polar surface area (TPSA) is 95.9 Å². The fourth-order valence-corrected chi connectivity index (χ4v) is 10.7. The lowest BCUT2D eigenvalue weighted by atomic mass is 10.0. The molecule has 0 aliphatic rings. The normalized spacial score (nSPS) is 12.8. The van der Waals surface area contributed by atoms with E-state index in [-0.39, 0.29) is 18.5 Å². The number of amides is 1. The number of hydrogen-bond acceptors (Lipinski definition) is 5. The molecule has 0 rings (SSSR count). The van der Waals surface area contributed by atoms with Gasteiger partial charge >= 0.3 is 5.97 Å². The maximum absolute atomic E-state index is 12.5. The number of carbonyl (C=O) groups is 2. The van der Waals surface area contributed by atoms with E-state index in [1.54, 1.807) is 6.08 Å². The van der Waals surface area contributed by atoms with Crippen LogP contribution in [0.25, 0.3) is 0 Å². The van der Waals surface area contributed by atoms with Gasteiger partial charge in [-0.2, -0.15) is 0 Å². The Morgan fingerprint density at radius 2 is 0.667 bits per heavy atom. The smallest absolute Gasteiger partial charge is 0.305 e. The van der Waals surface area contributed by atoms with Crippen LogP contribution in [-0.4, -0.2) is 47.4 Å². The molecule has 6 heteroatoms. The van der Waals surface area contributed by atoms with Crippen molar-refractivity contribution in [2.45, 2.75) is 386 Å². The number of esters is 1. The van der Waals surface area contributed by atoms with Crippen LogP contribution < -0.4 is 5.32 Å². The van der Waals surface area contributed by atoms with E-state index in [0.29, 0.717) is 19.4 Å². The first-order valence-corrected chi connectivity index (χ1v) is 34.9. The van der Waals surface area contributed by atoms with E-state index < -0.39 is 12.1 Å². The highest BCUT2D eigenvalue weighted by molar-refractivity contribution is 5.76. The summed E-state index contributed by atoms with van der Waals surface area (Å²) in [4.78, 5) is 24.5. The van der Waals surface area contributed by atoms with Gasteiger partial charge in [-0.1, -0.05) is 326 Å². The second kappa shape index (κ2) is 67.3. The minimum atomic E-state index is -0.844. The number of allylic oxidation sites excluding steroid dienone is 7. The van der Waals surface area contributed by atoms with Gasteiger partial charge in [0, 0.05) is 12.8 Å². The van der Waals surface area contributed by atoms with Gasteiger partial charge in [-0.05, 0) is 83.5 Å². The third-order valence-electron chi connectivity index (χ3n) is 16.0. The van der Waals surface area contributed by atoms with Gasteiger partial charge in [-0.15, -0.1) is 0 Å². The lowest BCUT2D eigenvalue weighted by molar-refractivity contribution is -0.143. The van der Waals surface area contributed by atoms with E-state index >= 15 is 0 Å². The van der Waals surface area contributed by atoms with Gasteiger partial charge in [-0.25, -0.2) is 0 Å². The van der Waals surface area contributed by atoms with Crippen LogP contribution in [0.3, 0.4) is 0 Å². The molecule has 0 bridgehead atoms. The summed E-state index contributed by atoms with van der Waals surface area (Å²) in [6.45, 7) is 4.86. The minimum Gasteiger partial charge on any atom is -0.466 e. The number of aliphatic hydroxyl groups is 2. The molecule has 2 unspecified atom stereocenters. The molecule has 0 aromatic rings. The van der Waals surface area contributed by atoms with Crippen LogP contribution in [0.4, 0.5) is 0 Å². The molecule has 0 radical (unpaired) electrons. The molecule has 0 heterocycles. The molecule has 3 N–H and O–H groups in total. The highest BCUT2D eigenvalue weighted by Gasteiger charge is 2.18. The average Bonchev–Trinajstić information content (AvgIpc) is 3.44. The SMILES string of the molecule is CCC/C=C\C/C=C\CCCCCCCC(=O)OCCCCCCCCCCCCCC/C=C\CCCCCCCCCCCCCCCCCC(=O)NC(CO)C(O)/C=C/CCCCCCCCCCCCCCCCC. The number of unbranched alkanes of at least 4 members (excludes halogenated alkanes) is 48. The van der Waals surface area contributed by atoms with E-state index in [0.717, 1.165) is 51.4 Å². The molecule has 1 amide bonds. The summed E-state index contributed by atoms with van der Waals surface area (Å²) in [5.74, 6) is -0.0617. The minimum absolute atomic E-state index is 0.00194. The number of aliphatic hydroxyl groups excluding tert-OH is 2. The van der Waals surface area contributed by atoms with Crippen molar-refractivity contribution in [2.24, 2.45) is 0 Å². The molecule has 0 aromatic carbocycles. The van der Waals surface area contributed by atoms with Crippen molar-refractivity contribution >= 4 is 11.9 Å². The molecule has 0 saturated heterocycles. The molecule has 0 fully saturated rings. The Morgan fingerprint density at radius 3 is 1.04 bits per heavy atom. The quantitative estimate of drug-likeness (QED) is 0.0320. The summed E-state index contributed by atoms with van der Waals surface area (Å²) >= 11 is 0. The fourth-order valence-electron chi connectivity index (χ4n) is 10.7. The highest BCUT2D eigenvalue weighted by atomic mass is 16.5. The lowest BCUT2D eigenvalue weighted by Gasteiger charge is -2.20. The van der Waals surface area contributed by atoms with Gasteiger partial charge in [0.2, 0.25) is 5.91 Å². The average molecular weight is 1090 g/mol. The van der Waals surface area contributed by atoms with E-state index in [1.165, 1.54) is 295 Å². The number of nitrogens with one attached hydrogen (secondary N) is 1. The van der Waals surface area contributed by atoms with Gasteiger partial charge in [0.05, 0.1) is 25.4 Å². The number of rotatable bonds is 65. The molecule has 6 nitrogen and oxygen atoms in total. The van der Waals surface area contributed by atoms with Crippen LogP contribution >= 0.6 is 0 Å². The second-order valence-electron chi connectivity index (χ2n) is 23.9. The summed E-state index contributed by atoms with van der Waals surface area (Å²) in [5.41, 5.74) is 0. The largest absolute Gasteiger partial charge is 0.466 e. The zero-order valence-electron chi connectivity index (χ0n) is 52.4. The molecule has 0 aliphatic carbocycles. The van der Waals surface area contributed by atoms with E-state index in [4.69, 9.17) is 4.74 Å². The number of ether oxygens (including phenoxy) is 1. The van der Waals surface area contributed by atoms with Crippen LogP contribution in [0.1, 0.15) is 373 Å². The van der Waals surface area contributed by atoms with Gasteiger partial charge in [-0.3, -0.25) is 9.59 Å². The summed E-state index contributed by atoms with van der Waals surface area (Å²) in [6.07, 6.45) is 87.6. The molecule has 0 spiro atoms. The van der Waals surface area contributed by atoms with Gasteiger partial charge in [0.25, 0.3) is 0 Å². The molecule has 458 valence electrons. The zero-order chi connectivity index (χ0) is 56.4. The predicted molar refractivity (Wildman–Crippen MR) is 342 cm³/mol. The van der Waals surface area contributed by atoms with Crippen molar-refractivity contribution in [2.75, 3.05) is 13.2 Å². The summed E-state index contributed by atoms with van der Waals surface area (Å²) in [6, 6.07) is -0.627. The molecule has 2 atom stereocenters. The fraction of sp³-hybridized carbons (Fsp3) is 0.861. The van der Waals surface area contributed by atoms with Crippen molar-refractivity contribution in [1.29, 1.82) is 0 Å². The molecular weight excluding hydrogens is 959 g/mol. The molecule has 0 aromatic heterocycles. The first-order chi connectivity index (χ1) is 38.5. The van der Waals surface area contributed by atoms with Gasteiger partial charge in [0.15, 0.2) is 0 Å². The van der Waals surface area contributed by atoms with Crippen molar-refractivity contribution in [3.05, 3.63) is 48.6 Å². The number of carbonyl (C=O) groups excluding carboxylic acids is 2. The van der Waals surface area contributed by atoms with Crippen LogP contribution in [-0.2, 0) is 14.3 Å². The third-order valence-corrected chi connectivity index (χ3v) is 16.0. The van der Waals surface area contributed by atoms with E-state index in [9.17, 15) is 19.8 Å². The maximum Gasteiger partial charge on any atom is 0.305 e. The van der Waals surface area contributed by atoms with Crippen LogP contribution in [0.2, 0.25) is 0 Å². The number of hydrogen-bond donors (Lipinski definition) is 3. The summed E-state index contributed by atoms with van der Waals surface area (Å²) < 4.78 is 5.47. The van der Waals surface area contributed by atoms with Crippen molar-refractivity contribution in [1.82, 2.24) is 5.32 Å². The summed E-state index contributed by atoms with van der Waals surface area (Å²) in [5, 5.41) is 23.2. The standard InChI is InChI=1S/C72H135NO5/c1-3-5-7-9-11-13-15-17-18-34-37-41-44-48-52-56-60-64-70(75)69(68-74)73-71(76)65-61-57-53-49-45-42-38-35-32-30-28-26-24-22-20-19-21-23-25-27-29-31-33-36-39-43-47-51-55-59-63-67-78-72(77)66-62-58-54-50-46-40-16-14-12-10-8-6-4-2/h8,10,14,16,21,23,60,64,69-70,74-75H,3-7,9,11-13,15,17-20,22,24-59,61-63,65-68H2,1-2H3,(H,73,76)/b10-8-,16-14-,23-21-,64-60+. The molecular formula is C72H135NO5. The Kier molecular flexibility index (Phi) is 65.4. The van der Waals surface area contributed by atoms with Crippen LogP contribution in [0, 0.1) is 0 Å². The van der Waals surface area contributed by atoms with Crippen molar-refractivity contribution in [3.8, 4) is 0 Å². The Morgan fingerprint density at radius 1 is 0.359 bits per heavy atom. The Bertz CT molecular complexity index is 1310. The second-order valence-corrected chi connectivity index (χ2v) is 23.9. The van der Waals surface area contributed by atoms with Crippen LogP contribution in [0.15, 0.2) is 48.6 Å². The highest BCUT2D eigenvalue weighted by Crippen LogP contribution is 2.18. The Labute approximate surface area is 486 Å². The third kappa shape index (κ3) is 63.0. The molecule has 0 saturated carbocycles. The van der Waals surface area contributed by atoms with Crippen LogP contribution in [0.5, 0.6) is 0 Å². The first kappa shape index (κ1) is 75.8. The predicted octanol–water partition coefficient (Wildman–Crippen LogP) is 22.5. The molecule has 78 heavy (non-hydrogen) atoms. The Hall–Kier alpha value is -2.18. The zero-order valence-corrected chi connectivity index (χ0v) is 52.4. The van der Waals surface area contributed by atoms with Gasteiger partial charge < -0.3 is 20.3 Å². The monoisotopic (exact) mass is 1090 g/mol. The summed E-state index contributed by atoms with van der Waals surface area (Å²) in [7, 11) is 0. The lowest BCUT2D eigenvalue weighted by Crippen LogP contribution is -2.45. The first-order valence-electron chi connectivity index (χ1n) is 34.9. The van der Waals surface area contributed by atoms with Crippen molar-refractivity contribution in [3.63, 3.8) is 0 Å². The Balaban J connectivity index is 3.39. The molecule has 0 aliphatic heterocycles. The van der Waals surface area contributed by atoms with Crippen molar-refractivity contribution < 1.29 is 24.5 Å². The van der Waals surface area contributed by atoms with E-state index in [1.807, 2.05) is 6.08 Å². The van der Waals surface area contributed by atoms with E-state index in [2.05, 4.69) is 55.6 Å².